The summed E-state index contributed by atoms with van der Waals surface area (Å²) in [5.74, 6) is 1.09. The molecule has 2 aliphatic rings. The monoisotopic (exact) mass is 267 g/mol. The molecule has 1 N–H and O–H groups in total. The first kappa shape index (κ1) is 14.8. The van der Waals surface area contributed by atoms with Gasteiger partial charge in [-0.1, -0.05) is 0 Å². The van der Waals surface area contributed by atoms with E-state index < -0.39 is 0 Å². The van der Waals surface area contributed by atoms with Crippen LogP contribution in [0.2, 0.25) is 0 Å². The zero-order valence-electron chi connectivity index (χ0n) is 12.5. The van der Waals surface area contributed by atoms with Crippen LogP contribution in [0.25, 0.3) is 0 Å². The van der Waals surface area contributed by atoms with Gasteiger partial charge in [-0.2, -0.15) is 0 Å². The van der Waals surface area contributed by atoms with Gasteiger partial charge in [-0.3, -0.25) is 9.69 Å². The molecule has 1 amide bonds. The lowest BCUT2D eigenvalue weighted by Gasteiger charge is -2.33. The minimum atomic E-state index is 0.333. The maximum Gasteiger partial charge on any atom is 0.236 e. The van der Waals surface area contributed by atoms with Gasteiger partial charge in [0.2, 0.25) is 5.91 Å². The fourth-order valence-corrected chi connectivity index (χ4v) is 3.09. The molecule has 2 aliphatic heterocycles. The van der Waals surface area contributed by atoms with Crippen molar-refractivity contribution in [3.63, 3.8) is 0 Å². The van der Waals surface area contributed by atoms with Crippen molar-refractivity contribution in [3.8, 4) is 0 Å². The highest BCUT2D eigenvalue weighted by atomic mass is 16.2. The van der Waals surface area contributed by atoms with Gasteiger partial charge in [-0.25, -0.2) is 0 Å². The first-order valence-electron chi connectivity index (χ1n) is 7.89. The molecule has 2 rings (SSSR count). The van der Waals surface area contributed by atoms with Crippen LogP contribution < -0.4 is 5.32 Å². The number of carbonyl (C=O) groups excluding carboxylic acids is 1. The molecule has 0 atom stereocenters. The first-order chi connectivity index (χ1) is 9.16. The van der Waals surface area contributed by atoms with E-state index in [-0.39, 0.29) is 0 Å². The normalized spacial score (nSPS) is 21.6. The van der Waals surface area contributed by atoms with Crippen LogP contribution in [-0.2, 0) is 4.79 Å². The standard InChI is InChI=1S/C15H29N3O/c1-13(2)18(11-14-5-7-16-8-6-14)12-15(19)17-9-3-4-10-17/h13-14,16H,3-12H2,1-2H3. The summed E-state index contributed by atoms with van der Waals surface area (Å²) in [6, 6.07) is 0.460. The first-order valence-corrected chi connectivity index (χ1v) is 7.89. The van der Waals surface area contributed by atoms with Gasteiger partial charge in [0.15, 0.2) is 0 Å². The third kappa shape index (κ3) is 4.46. The molecule has 0 aromatic rings. The average Bonchev–Trinajstić information content (AvgIpc) is 2.93. The number of nitrogens with zero attached hydrogens (tertiary/aromatic N) is 2. The maximum atomic E-state index is 12.3. The molecule has 4 heteroatoms. The smallest absolute Gasteiger partial charge is 0.236 e. The van der Waals surface area contributed by atoms with Crippen LogP contribution in [0, 0.1) is 5.92 Å². The third-order valence-electron chi connectivity index (χ3n) is 4.48. The van der Waals surface area contributed by atoms with Gasteiger partial charge in [0.1, 0.15) is 0 Å². The number of likely N-dealkylation sites (tertiary alicyclic amines) is 1. The molecule has 2 heterocycles. The fraction of sp³-hybridized carbons (Fsp3) is 0.933. The summed E-state index contributed by atoms with van der Waals surface area (Å²) in [7, 11) is 0. The molecule has 4 nitrogen and oxygen atoms in total. The highest BCUT2D eigenvalue weighted by Crippen LogP contribution is 2.16. The van der Waals surface area contributed by atoms with E-state index in [1.165, 1.54) is 25.7 Å². The van der Waals surface area contributed by atoms with E-state index in [0.29, 0.717) is 18.5 Å². The summed E-state index contributed by atoms with van der Waals surface area (Å²) in [5.41, 5.74) is 0. The average molecular weight is 267 g/mol. The summed E-state index contributed by atoms with van der Waals surface area (Å²) in [6.07, 6.45) is 4.87. The Labute approximate surface area is 117 Å². The molecule has 0 spiro atoms. The van der Waals surface area contributed by atoms with Crippen molar-refractivity contribution in [2.24, 2.45) is 5.92 Å². The van der Waals surface area contributed by atoms with Crippen LogP contribution in [-0.4, -0.2) is 61.0 Å². The van der Waals surface area contributed by atoms with Crippen molar-refractivity contribution in [1.29, 1.82) is 0 Å². The van der Waals surface area contributed by atoms with Crippen molar-refractivity contribution < 1.29 is 4.79 Å². The Morgan fingerprint density at radius 2 is 1.89 bits per heavy atom. The van der Waals surface area contributed by atoms with E-state index in [1.54, 1.807) is 0 Å². The molecule has 0 saturated carbocycles. The fourth-order valence-electron chi connectivity index (χ4n) is 3.09. The van der Waals surface area contributed by atoms with Crippen molar-refractivity contribution in [1.82, 2.24) is 15.1 Å². The maximum absolute atomic E-state index is 12.3. The van der Waals surface area contributed by atoms with E-state index in [2.05, 4.69) is 24.1 Å². The van der Waals surface area contributed by atoms with Crippen LogP contribution in [0.5, 0.6) is 0 Å². The van der Waals surface area contributed by atoms with Gasteiger partial charge in [-0.15, -0.1) is 0 Å². The number of hydrogen-bond donors (Lipinski definition) is 1. The zero-order chi connectivity index (χ0) is 13.7. The Balaban J connectivity index is 1.82. The molecule has 0 aromatic carbocycles. The van der Waals surface area contributed by atoms with E-state index in [9.17, 15) is 4.79 Å². The molecular weight excluding hydrogens is 238 g/mol. The van der Waals surface area contributed by atoms with Gasteiger partial charge in [-0.05, 0) is 58.5 Å². The van der Waals surface area contributed by atoms with Crippen LogP contribution in [0.3, 0.4) is 0 Å². The molecule has 0 aromatic heterocycles. The molecule has 0 aliphatic carbocycles. The van der Waals surface area contributed by atoms with Gasteiger partial charge < -0.3 is 10.2 Å². The summed E-state index contributed by atoms with van der Waals surface area (Å²) in [4.78, 5) is 16.7. The molecule has 110 valence electrons. The number of piperidine rings is 1. The topological polar surface area (TPSA) is 35.6 Å². The molecule has 2 fully saturated rings. The van der Waals surface area contributed by atoms with Crippen LogP contribution in [0.15, 0.2) is 0 Å². The Kier molecular flexibility index (Phi) is 5.64. The Bertz CT molecular complexity index is 281. The number of nitrogens with one attached hydrogen (secondary N) is 1. The van der Waals surface area contributed by atoms with Crippen LogP contribution in [0.4, 0.5) is 0 Å². The van der Waals surface area contributed by atoms with Crippen LogP contribution in [0.1, 0.15) is 39.5 Å². The lowest BCUT2D eigenvalue weighted by atomic mass is 9.97. The molecule has 0 unspecified atom stereocenters. The van der Waals surface area contributed by atoms with Crippen molar-refractivity contribution >= 4 is 5.91 Å². The van der Waals surface area contributed by atoms with E-state index in [0.717, 1.165) is 38.6 Å². The molecule has 2 saturated heterocycles. The summed E-state index contributed by atoms with van der Waals surface area (Å²) in [6.45, 7) is 10.3. The second-order valence-corrected chi connectivity index (χ2v) is 6.30. The van der Waals surface area contributed by atoms with E-state index in [4.69, 9.17) is 0 Å². The SMILES string of the molecule is CC(C)N(CC(=O)N1CCCC1)CC1CCNCC1. The lowest BCUT2D eigenvalue weighted by molar-refractivity contribution is -0.132. The van der Waals surface area contributed by atoms with E-state index >= 15 is 0 Å². The Morgan fingerprint density at radius 3 is 2.47 bits per heavy atom. The minimum Gasteiger partial charge on any atom is -0.342 e. The second kappa shape index (κ2) is 7.25. The number of rotatable bonds is 5. The molecule has 0 radical (unpaired) electrons. The van der Waals surface area contributed by atoms with Crippen molar-refractivity contribution in [2.75, 3.05) is 39.3 Å². The lowest BCUT2D eigenvalue weighted by Crippen LogP contribution is -2.45. The summed E-state index contributed by atoms with van der Waals surface area (Å²) < 4.78 is 0. The highest BCUT2D eigenvalue weighted by Gasteiger charge is 2.24. The minimum absolute atomic E-state index is 0.333. The number of hydrogen-bond acceptors (Lipinski definition) is 3. The van der Waals surface area contributed by atoms with Gasteiger partial charge in [0, 0.05) is 25.7 Å². The van der Waals surface area contributed by atoms with Gasteiger partial charge >= 0.3 is 0 Å². The zero-order valence-corrected chi connectivity index (χ0v) is 12.5. The predicted molar refractivity (Wildman–Crippen MR) is 78.1 cm³/mol. The van der Waals surface area contributed by atoms with E-state index in [1.807, 2.05) is 4.90 Å². The quantitative estimate of drug-likeness (QED) is 0.816. The molecule has 0 bridgehead atoms. The van der Waals surface area contributed by atoms with Crippen LogP contribution >= 0.6 is 0 Å². The molecular formula is C15H29N3O. The largest absolute Gasteiger partial charge is 0.342 e. The third-order valence-corrected chi connectivity index (χ3v) is 4.48. The second-order valence-electron chi connectivity index (χ2n) is 6.30. The Morgan fingerprint density at radius 1 is 1.26 bits per heavy atom. The summed E-state index contributed by atoms with van der Waals surface area (Å²) in [5, 5.41) is 3.41. The number of carbonyl (C=O) groups is 1. The van der Waals surface area contributed by atoms with Crippen molar-refractivity contribution in [2.45, 2.75) is 45.6 Å². The Hall–Kier alpha value is -0.610. The predicted octanol–water partition coefficient (Wildman–Crippen LogP) is 1.32. The molecule has 19 heavy (non-hydrogen) atoms. The number of amides is 1. The highest BCUT2D eigenvalue weighted by molar-refractivity contribution is 5.78. The summed E-state index contributed by atoms with van der Waals surface area (Å²) >= 11 is 0. The van der Waals surface area contributed by atoms with Gasteiger partial charge in [0.25, 0.3) is 0 Å². The van der Waals surface area contributed by atoms with Crippen molar-refractivity contribution in [3.05, 3.63) is 0 Å². The van der Waals surface area contributed by atoms with Gasteiger partial charge in [0.05, 0.1) is 6.54 Å².